The number of carboxylic acids is 1. The normalized spacial score (nSPS) is 17.2. The van der Waals surface area contributed by atoms with Crippen LogP contribution in [0.4, 0.5) is 0 Å². The molecular formula is C18H23N3O3. The van der Waals surface area contributed by atoms with Crippen LogP contribution in [-0.2, 0) is 15.0 Å². The molecule has 128 valence electrons. The van der Waals surface area contributed by atoms with Crippen molar-refractivity contribution in [3.05, 3.63) is 35.4 Å². The number of nitriles is 1. The Morgan fingerprint density at radius 2 is 1.71 bits per heavy atom. The lowest BCUT2D eigenvalue weighted by atomic mass is 9.85. The van der Waals surface area contributed by atoms with Gasteiger partial charge in [-0.25, -0.2) is 0 Å². The molecule has 1 amide bonds. The third kappa shape index (κ3) is 3.74. The summed E-state index contributed by atoms with van der Waals surface area (Å²) in [6.45, 7) is 7.33. The molecule has 1 heterocycles. The zero-order chi connectivity index (χ0) is 17.9. The predicted molar refractivity (Wildman–Crippen MR) is 89.3 cm³/mol. The largest absolute Gasteiger partial charge is 0.480 e. The molecule has 2 rings (SSSR count). The summed E-state index contributed by atoms with van der Waals surface area (Å²) in [5.41, 5.74) is 0.945. The van der Waals surface area contributed by atoms with Crippen molar-refractivity contribution >= 4 is 11.9 Å². The molecule has 1 aliphatic heterocycles. The van der Waals surface area contributed by atoms with Gasteiger partial charge in [-0.2, -0.15) is 5.26 Å². The van der Waals surface area contributed by atoms with Gasteiger partial charge in [0.15, 0.2) is 0 Å². The summed E-state index contributed by atoms with van der Waals surface area (Å²) in [6, 6.07) is 8.71. The number of aliphatic carboxylic acids is 1. The van der Waals surface area contributed by atoms with E-state index in [1.165, 1.54) is 6.92 Å². The summed E-state index contributed by atoms with van der Waals surface area (Å²) in [4.78, 5) is 26.8. The summed E-state index contributed by atoms with van der Waals surface area (Å²) in [6.07, 6.45) is 0. The average molecular weight is 329 g/mol. The number of amides is 1. The lowest BCUT2D eigenvalue weighted by molar-refractivity contribution is -0.145. The average Bonchev–Trinajstić information content (AvgIpc) is 2.55. The topological polar surface area (TPSA) is 84.6 Å². The molecule has 1 N–H and O–H groups in total. The van der Waals surface area contributed by atoms with Gasteiger partial charge in [0.25, 0.3) is 0 Å². The zero-order valence-electron chi connectivity index (χ0n) is 14.3. The molecule has 1 saturated heterocycles. The van der Waals surface area contributed by atoms with Crippen LogP contribution in [0.15, 0.2) is 24.3 Å². The van der Waals surface area contributed by atoms with E-state index in [1.807, 2.05) is 30.9 Å². The number of rotatable bonds is 4. The van der Waals surface area contributed by atoms with Gasteiger partial charge in [0.05, 0.1) is 11.5 Å². The molecule has 0 saturated carbocycles. The summed E-state index contributed by atoms with van der Waals surface area (Å²) < 4.78 is 0. The highest BCUT2D eigenvalue weighted by atomic mass is 16.4. The van der Waals surface area contributed by atoms with Crippen LogP contribution in [-0.4, -0.2) is 53.0 Å². The SMILES string of the molecule is CC(=O)N1CCN([C@@H](C(=O)O)c2ccc(C(C)(C)C#N)cc2)CC1. The number of carbonyl (C=O) groups is 2. The molecule has 0 spiro atoms. The first-order valence-electron chi connectivity index (χ1n) is 8.00. The Kier molecular flexibility index (Phi) is 5.25. The summed E-state index contributed by atoms with van der Waals surface area (Å²) in [7, 11) is 0. The highest BCUT2D eigenvalue weighted by Gasteiger charge is 2.31. The number of carboxylic acid groups (broad SMARTS) is 1. The Morgan fingerprint density at radius 1 is 1.17 bits per heavy atom. The van der Waals surface area contributed by atoms with Crippen molar-refractivity contribution in [1.82, 2.24) is 9.80 Å². The van der Waals surface area contributed by atoms with Crippen molar-refractivity contribution in [2.24, 2.45) is 0 Å². The van der Waals surface area contributed by atoms with Gasteiger partial charge in [-0.05, 0) is 25.0 Å². The molecule has 1 aliphatic rings. The molecular weight excluding hydrogens is 306 g/mol. The van der Waals surface area contributed by atoms with Gasteiger partial charge >= 0.3 is 5.97 Å². The van der Waals surface area contributed by atoms with E-state index >= 15 is 0 Å². The number of piperazine rings is 1. The van der Waals surface area contributed by atoms with E-state index in [2.05, 4.69) is 6.07 Å². The van der Waals surface area contributed by atoms with Crippen molar-refractivity contribution in [3.8, 4) is 6.07 Å². The van der Waals surface area contributed by atoms with Crippen molar-refractivity contribution in [3.63, 3.8) is 0 Å². The number of nitrogens with zero attached hydrogens (tertiary/aromatic N) is 3. The van der Waals surface area contributed by atoms with Gasteiger partial charge in [-0.1, -0.05) is 24.3 Å². The Hall–Kier alpha value is -2.39. The number of hydrogen-bond donors (Lipinski definition) is 1. The van der Waals surface area contributed by atoms with E-state index in [1.54, 1.807) is 17.0 Å². The molecule has 1 atom stereocenters. The van der Waals surface area contributed by atoms with E-state index < -0.39 is 17.4 Å². The van der Waals surface area contributed by atoms with Crippen LogP contribution < -0.4 is 0 Å². The number of carbonyl (C=O) groups excluding carboxylic acids is 1. The minimum Gasteiger partial charge on any atom is -0.480 e. The Morgan fingerprint density at radius 3 is 2.12 bits per heavy atom. The maximum Gasteiger partial charge on any atom is 0.325 e. The monoisotopic (exact) mass is 329 g/mol. The first-order chi connectivity index (χ1) is 11.3. The fourth-order valence-corrected chi connectivity index (χ4v) is 2.95. The van der Waals surface area contributed by atoms with E-state index in [9.17, 15) is 20.0 Å². The molecule has 6 nitrogen and oxygen atoms in total. The van der Waals surface area contributed by atoms with E-state index in [0.29, 0.717) is 31.7 Å². The van der Waals surface area contributed by atoms with E-state index in [-0.39, 0.29) is 5.91 Å². The molecule has 1 aromatic carbocycles. The smallest absolute Gasteiger partial charge is 0.325 e. The zero-order valence-corrected chi connectivity index (χ0v) is 14.3. The maximum atomic E-state index is 11.8. The van der Waals surface area contributed by atoms with Crippen LogP contribution in [0.3, 0.4) is 0 Å². The lowest BCUT2D eigenvalue weighted by Gasteiger charge is -2.37. The van der Waals surface area contributed by atoms with Crippen molar-refractivity contribution in [1.29, 1.82) is 5.26 Å². The third-order valence-electron chi connectivity index (χ3n) is 4.59. The fourth-order valence-electron chi connectivity index (χ4n) is 2.95. The van der Waals surface area contributed by atoms with E-state index in [4.69, 9.17) is 0 Å². The van der Waals surface area contributed by atoms with E-state index in [0.717, 1.165) is 5.56 Å². The molecule has 24 heavy (non-hydrogen) atoms. The second kappa shape index (κ2) is 7.02. The number of hydrogen-bond acceptors (Lipinski definition) is 4. The van der Waals surface area contributed by atoms with Gasteiger partial charge in [-0.3, -0.25) is 14.5 Å². The second-order valence-electron chi connectivity index (χ2n) is 6.64. The minimum atomic E-state index is -0.904. The fraction of sp³-hybridized carbons (Fsp3) is 0.500. The lowest BCUT2D eigenvalue weighted by Crippen LogP contribution is -2.50. The second-order valence-corrected chi connectivity index (χ2v) is 6.64. The standard InChI is InChI=1S/C18H23N3O3/c1-13(22)20-8-10-21(11-9-20)16(17(23)24)14-4-6-15(7-5-14)18(2,3)12-19/h4-7,16H,8-11H2,1-3H3,(H,23,24)/t16-/m1/s1. The molecule has 0 aliphatic carbocycles. The summed E-state index contributed by atoms with van der Waals surface area (Å²) in [5, 5.41) is 18.9. The predicted octanol–water partition coefficient (Wildman–Crippen LogP) is 1.78. The van der Waals surface area contributed by atoms with Crippen molar-refractivity contribution < 1.29 is 14.7 Å². The third-order valence-corrected chi connectivity index (χ3v) is 4.59. The summed E-state index contributed by atoms with van der Waals surface area (Å²) >= 11 is 0. The van der Waals surface area contributed by atoms with Crippen molar-refractivity contribution in [2.45, 2.75) is 32.2 Å². The molecule has 1 aromatic rings. The number of benzene rings is 1. The first-order valence-corrected chi connectivity index (χ1v) is 8.00. The Bertz CT molecular complexity index is 653. The summed E-state index contributed by atoms with van der Waals surface area (Å²) in [5.74, 6) is -0.886. The molecule has 6 heteroatoms. The highest BCUT2D eigenvalue weighted by Crippen LogP contribution is 2.27. The van der Waals surface area contributed by atoms with Gasteiger partial charge in [-0.15, -0.1) is 0 Å². The van der Waals surface area contributed by atoms with Crippen LogP contribution in [0, 0.1) is 11.3 Å². The van der Waals surface area contributed by atoms with Crippen LogP contribution in [0.1, 0.15) is 37.9 Å². The van der Waals surface area contributed by atoms with Crippen LogP contribution in [0.5, 0.6) is 0 Å². The van der Waals surface area contributed by atoms with Crippen molar-refractivity contribution in [2.75, 3.05) is 26.2 Å². The molecule has 0 aromatic heterocycles. The molecule has 0 bridgehead atoms. The first kappa shape index (κ1) is 18.0. The Balaban J connectivity index is 2.19. The quantitative estimate of drug-likeness (QED) is 0.910. The van der Waals surface area contributed by atoms with Crippen LogP contribution >= 0.6 is 0 Å². The maximum absolute atomic E-state index is 11.8. The molecule has 0 unspecified atom stereocenters. The van der Waals surface area contributed by atoms with Crippen LogP contribution in [0.25, 0.3) is 0 Å². The van der Waals surface area contributed by atoms with Gasteiger partial charge in [0, 0.05) is 33.1 Å². The highest BCUT2D eigenvalue weighted by molar-refractivity contribution is 5.76. The van der Waals surface area contributed by atoms with Gasteiger partial charge in [0.1, 0.15) is 6.04 Å². The molecule has 1 fully saturated rings. The van der Waals surface area contributed by atoms with Gasteiger partial charge < -0.3 is 10.0 Å². The van der Waals surface area contributed by atoms with Gasteiger partial charge in [0.2, 0.25) is 5.91 Å². The molecule has 0 radical (unpaired) electrons. The minimum absolute atomic E-state index is 0.0182. The Labute approximate surface area is 142 Å². The van der Waals surface area contributed by atoms with Crippen LogP contribution in [0.2, 0.25) is 0 Å².